The molecule has 0 spiro atoms. The van der Waals surface area contributed by atoms with Crippen LogP contribution in [-0.4, -0.2) is 33.3 Å². The zero-order valence-electron chi connectivity index (χ0n) is 10.4. The van der Waals surface area contributed by atoms with Gasteiger partial charge in [0.2, 0.25) is 10.0 Å². The largest absolute Gasteiger partial charge is 0.508 e. The highest BCUT2D eigenvalue weighted by Crippen LogP contribution is 2.15. The van der Waals surface area contributed by atoms with E-state index in [0.717, 1.165) is 12.8 Å². The Kier molecular flexibility index (Phi) is 6.11. The average Bonchev–Trinajstić information content (AvgIpc) is 2.33. The van der Waals surface area contributed by atoms with Crippen LogP contribution in [0.15, 0.2) is 29.2 Å². The van der Waals surface area contributed by atoms with Crippen molar-refractivity contribution in [1.29, 1.82) is 0 Å². The first kappa shape index (κ1) is 14.9. The minimum Gasteiger partial charge on any atom is -0.508 e. The van der Waals surface area contributed by atoms with Gasteiger partial charge in [0.25, 0.3) is 0 Å². The molecule has 0 radical (unpaired) electrons. The van der Waals surface area contributed by atoms with Gasteiger partial charge < -0.3 is 9.84 Å². The molecule has 0 aliphatic heterocycles. The van der Waals surface area contributed by atoms with E-state index in [0.29, 0.717) is 13.2 Å². The third kappa shape index (κ3) is 5.03. The van der Waals surface area contributed by atoms with E-state index >= 15 is 0 Å². The Bertz CT molecular complexity index is 459. The van der Waals surface area contributed by atoms with E-state index < -0.39 is 10.0 Å². The van der Waals surface area contributed by atoms with Gasteiger partial charge in [-0.3, -0.25) is 0 Å². The number of benzene rings is 1. The van der Waals surface area contributed by atoms with Gasteiger partial charge in [0.15, 0.2) is 0 Å². The molecule has 0 aromatic heterocycles. The number of phenols is 1. The molecule has 5 nitrogen and oxygen atoms in total. The summed E-state index contributed by atoms with van der Waals surface area (Å²) in [6.45, 7) is 3.28. The lowest BCUT2D eigenvalue weighted by Crippen LogP contribution is -2.27. The first-order valence-corrected chi connectivity index (χ1v) is 7.41. The summed E-state index contributed by atoms with van der Waals surface area (Å²) in [4.78, 5) is 0.0519. The van der Waals surface area contributed by atoms with Gasteiger partial charge in [-0.1, -0.05) is 19.4 Å². The molecular weight excluding hydrogens is 254 g/mol. The summed E-state index contributed by atoms with van der Waals surface area (Å²) in [6, 6.07) is 5.55. The number of unbranched alkanes of at least 4 members (excludes halogenated alkanes) is 1. The topological polar surface area (TPSA) is 75.6 Å². The summed E-state index contributed by atoms with van der Waals surface area (Å²) in [6.07, 6.45) is 2.02. The van der Waals surface area contributed by atoms with Crippen molar-refractivity contribution in [3.8, 4) is 5.75 Å². The zero-order chi connectivity index (χ0) is 13.4. The van der Waals surface area contributed by atoms with E-state index in [2.05, 4.69) is 11.6 Å². The first-order chi connectivity index (χ1) is 8.56. The number of nitrogens with one attached hydrogen (secondary N) is 1. The van der Waals surface area contributed by atoms with Crippen LogP contribution in [0.3, 0.4) is 0 Å². The van der Waals surface area contributed by atoms with E-state index in [-0.39, 0.29) is 17.2 Å². The fourth-order valence-electron chi connectivity index (χ4n) is 1.33. The minimum atomic E-state index is -3.57. The predicted molar refractivity (Wildman–Crippen MR) is 69.0 cm³/mol. The highest BCUT2D eigenvalue weighted by molar-refractivity contribution is 7.89. The normalized spacial score (nSPS) is 11.6. The molecule has 0 aliphatic carbocycles. The summed E-state index contributed by atoms with van der Waals surface area (Å²) in [5.41, 5.74) is 0. The van der Waals surface area contributed by atoms with E-state index in [1.54, 1.807) is 0 Å². The van der Waals surface area contributed by atoms with Crippen molar-refractivity contribution in [2.45, 2.75) is 24.7 Å². The molecule has 0 amide bonds. The first-order valence-electron chi connectivity index (χ1n) is 5.92. The third-order valence-electron chi connectivity index (χ3n) is 2.31. The van der Waals surface area contributed by atoms with Gasteiger partial charge in [-0.2, -0.15) is 0 Å². The van der Waals surface area contributed by atoms with Crippen molar-refractivity contribution in [1.82, 2.24) is 4.72 Å². The molecule has 0 fully saturated rings. The van der Waals surface area contributed by atoms with Crippen LogP contribution in [0.5, 0.6) is 5.75 Å². The Labute approximate surface area is 108 Å². The van der Waals surface area contributed by atoms with E-state index in [1.165, 1.54) is 24.3 Å². The number of aromatic hydroxyl groups is 1. The number of hydrogen-bond donors (Lipinski definition) is 2. The Morgan fingerprint density at radius 2 is 2.11 bits per heavy atom. The number of sulfonamides is 1. The molecule has 0 bridgehead atoms. The molecule has 6 heteroatoms. The van der Waals surface area contributed by atoms with Crippen molar-refractivity contribution >= 4 is 10.0 Å². The lowest BCUT2D eigenvalue weighted by atomic mass is 10.3. The smallest absolute Gasteiger partial charge is 0.240 e. The molecule has 0 saturated carbocycles. The molecule has 0 atom stereocenters. The van der Waals surface area contributed by atoms with Gasteiger partial charge in [0.05, 0.1) is 11.5 Å². The third-order valence-corrected chi connectivity index (χ3v) is 3.77. The fourth-order valence-corrected chi connectivity index (χ4v) is 2.38. The summed E-state index contributed by atoms with van der Waals surface area (Å²) in [5, 5.41) is 9.23. The lowest BCUT2D eigenvalue weighted by molar-refractivity contribution is 0.136. The molecule has 18 heavy (non-hydrogen) atoms. The molecule has 0 saturated heterocycles. The van der Waals surface area contributed by atoms with Crippen molar-refractivity contribution < 1.29 is 18.3 Å². The zero-order valence-corrected chi connectivity index (χ0v) is 11.2. The second kappa shape index (κ2) is 7.35. The molecule has 0 heterocycles. The average molecular weight is 273 g/mol. The number of phenolic OH excluding ortho intramolecular Hbond substituents is 1. The fraction of sp³-hybridized carbons (Fsp3) is 0.500. The maximum Gasteiger partial charge on any atom is 0.240 e. The molecule has 1 aromatic carbocycles. The van der Waals surface area contributed by atoms with Crippen LogP contribution in [0, 0.1) is 0 Å². The van der Waals surface area contributed by atoms with Crippen molar-refractivity contribution in [2.75, 3.05) is 19.8 Å². The monoisotopic (exact) mass is 273 g/mol. The minimum absolute atomic E-state index is 0.0519. The van der Waals surface area contributed by atoms with Crippen molar-refractivity contribution in [3.05, 3.63) is 24.3 Å². The van der Waals surface area contributed by atoms with Gasteiger partial charge >= 0.3 is 0 Å². The number of ether oxygens (including phenoxy) is 1. The predicted octanol–water partition coefficient (Wildman–Crippen LogP) is 1.49. The summed E-state index contributed by atoms with van der Waals surface area (Å²) >= 11 is 0. The van der Waals surface area contributed by atoms with Crippen LogP contribution in [0.25, 0.3) is 0 Å². The van der Waals surface area contributed by atoms with Crippen LogP contribution < -0.4 is 4.72 Å². The highest BCUT2D eigenvalue weighted by Gasteiger charge is 2.13. The van der Waals surface area contributed by atoms with Gasteiger partial charge in [-0.15, -0.1) is 0 Å². The van der Waals surface area contributed by atoms with Gasteiger partial charge in [0.1, 0.15) is 5.75 Å². The Morgan fingerprint density at radius 3 is 2.78 bits per heavy atom. The molecule has 0 aliphatic rings. The number of hydrogen-bond acceptors (Lipinski definition) is 4. The lowest BCUT2D eigenvalue weighted by Gasteiger charge is -2.07. The Hall–Kier alpha value is -1.11. The molecule has 1 aromatic rings. The molecule has 0 unspecified atom stereocenters. The van der Waals surface area contributed by atoms with Gasteiger partial charge in [0, 0.05) is 13.2 Å². The van der Waals surface area contributed by atoms with Crippen LogP contribution >= 0.6 is 0 Å². The SMILES string of the molecule is CCCCOCCNS(=O)(=O)c1cccc(O)c1. The molecule has 2 N–H and O–H groups in total. The van der Waals surface area contributed by atoms with E-state index in [4.69, 9.17) is 4.74 Å². The van der Waals surface area contributed by atoms with Crippen molar-refractivity contribution in [2.24, 2.45) is 0 Å². The Morgan fingerprint density at radius 1 is 1.33 bits per heavy atom. The quantitative estimate of drug-likeness (QED) is 0.704. The second-order valence-electron chi connectivity index (χ2n) is 3.86. The van der Waals surface area contributed by atoms with Gasteiger partial charge in [-0.05, 0) is 24.6 Å². The van der Waals surface area contributed by atoms with Crippen LogP contribution in [0.4, 0.5) is 0 Å². The highest BCUT2D eigenvalue weighted by atomic mass is 32.2. The number of rotatable bonds is 8. The molecular formula is C12H19NO4S. The van der Waals surface area contributed by atoms with Crippen LogP contribution in [-0.2, 0) is 14.8 Å². The molecule has 102 valence electrons. The standard InChI is InChI=1S/C12H19NO4S/c1-2-3-8-17-9-7-13-18(15,16)12-6-4-5-11(14)10-12/h4-6,10,13-14H,2-3,7-9H2,1H3. The van der Waals surface area contributed by atoms with E-state index in [9.17, 15) is 13.5 Å². The van der Waals surface area contributed by atoms with Crippen molar-refractivity contribution in [3.63, 3.8) is 0 Å². The maximum atomic E-state index is 11.8. The summed E-state index contributed by atoms with van der Waals surface area (Å²) in [5.74, 6) is -0.0722. The van der Waals surface area contributed by atoms with Crippen LogP contribution in [0.1, 0.15) is 19.8 Å². The molecule has 1 rings (SSSR count). The van der Waals surface area contributed by atoms with Crippen LogP contribution in [0.2, 0.25) is 0 Å². The van der Waals surface area contributed by atoms with E-state index in [1.807, 2.05) is 0 Å². The second-order valence-corrected chi connectivity index (χ2v) is 5.63. The van der Waals surface area contributed by atoms with Gasteiger partial charge in [-0.25, -0.2) is 13.1 Å². The summed E-state index contributed by atoms with van der Waals surface area (Å²) < 4.78 is 31.3. The summed E-state index contributed by atoms with van der Waals surface area (Å²) in [7, 11) is -3.57. The Balaban J connectivity index is 2.41. The maximum absolute atomic E-state index is 11.8.